The molecule has 2 aromatic carbocycles. The number of aryl methyl sites for hydroxylation is 1. The Morgan fingerprint density at radius 1 is 1.21 bits per heavy atom. The molecule has 0 spiro atoms. The number of Topliss-reactive ketones (excluding diaryl/α,β-unsaturated/α-hetero) is 1. The van der Waals surface area contributed by atoms with Crippen molar-refractivity contribution >= 4 is 29.1 Å². The van der Waals surface area contributed by atoms with Gasteiger partial charge in [0.05, 0.1) is 10.9 Å². The maximum atomic E-state index is 12.6. The van der Waals surface area contributed by atoms with E-state index in [9.17, 15) is 4.79 Å². The summed E-state index contributed by atoms with van der Waals surface area (Å²) in [5.41, 5.74) is 2.60. The molecular weight excluding hydrogens is 344 g/mol. The van der Waals surface area contributed by atoms with E-state index in [4.69, 9.17) is 11.6 Å². The second-order valence-corrected chi connectivity index (χ2v) is 7.09. The summed E-state index contributed by atoms with van der Waals surface area (Å²) in [6.07, 6.45) is 0. The van der Waals surface area contributed by atoms with Gasteiger partial charge in [-0.2, -0.15) is 4.68 Å². The van der Waals surface area contributed by atoms with Gasteiger partial charge in [-0.1, -0.05) is 53.2 Å². The molecule has 1 unspecified atom stereocenters. The first-order valence-electron chi connectivity index (χ1n) is 7.36. The highest BCUT2D eigenvalue weighted by Gasteiger charge is 2.20. The molecule has 0 radical (unpaired) electrons. The molecule has 1 aromatic heterocycles. The fourth-order valence-corrected chi connectivity index (χ4v) is 3.26. The molecule has 0 amide bonds. The summed E-state index contributed by atoms with van der Waals surface area (Å²) in [5.74, 6) is -0.0130. The van der Waals surface area contributed by atoms with Crippen LogP contribution >= 0.6 is 23.4 Å². The lowest BCUT2D eigenvalue weighted by Gasteiger charge is -2.10. The fraction of sp³-hybridized carbons (Fsp3) is 0.176. The minimum absolute atomic E-state index is 0.0130. The van der Waals surface area contributed by atoms with Crippen molar-refractivity contribution < 1.29 is 4.79 Å². The average molecular weight is 359 g/mol. The smallest absolute Gasteiger partial charge is 0.214 e. The van der Waals surface area contributed by atoms with Gasteiger partial charge >= 0.3 is 0 Å². The summed E-state index contributed by atoms with van der Waals surface area (Å²) in [6.45, 7) is 3.85. The summed E-state index contributed by atoms with van der Waals surface area (Å²) in [6, 6.07) is 14.8. The molecule has 0 fully saturated rings. The number of rotatable bonds is 5. The van der Waals surface area contributed by atoms with E-state index >= 15 is 0 Å². The normalized spacial score (nSPS) is 12.1. The molecule has 0 saturated carbocycles. The van der Waals surface area contributed by atoms with Crippen molar-refractivity contribution in [2.24, 2.45) is 0 Å². The summed E-state index contributed by atoms with van der Waals surface area (Å²) >= 11 is 7.28. The maximum Gasteiger partial charge on any atom is 0.214 e. The van der Waals surface area contributed by atoms with Crippen LogP contribution in [0, 0.1) is 6.92 Å². The van der Waals surface area contributed by atoms with Crippen molar-refractivity contribution in [3.8, 4) is 5.69 Å². The molecule has 24 heavy (non-hydrogen) atoms. The zero-order valence-electron chi connectivity index (χ0n) is 13.2. The van der Waals surface area contributed by atoms with Crippen LogP contribution in [0.15, 0.2) is 53.7 Å². The van der Waals surface area contributed by atoms with E-state index in [0.29, 0.717) is 15.7 Å². The van der Waals surface area contributed by atoms with E-state index in [1.807, 2.05) is 38.1 Å². The van der Waals surface area contributed by atoms with E-state index in [0.717, 1.165) is 11.3 Å². The number of carbonyl (C=O) groups is 1. The molecule has 0 aliphatic carbocycles. The fourth-order valence-electron chi connectivity index (χ4n) is 2.19. The van der Waals surface area contributed by atoms with Crippen molar-refractivity contribution in [1.29, 1.82) is 0 Å². The zero-order valence-corrected chi connectivity index (χ0v) is 14.8. The first-order chi connectivity index (χ1) is 11.5. The summed E-state index contributed by atoms with van der Waals surface area (Å²) < 4.78 is 1.63. The van der Waals surface area contributed by atoms with E-state index in [-0.39, 0.29) is 11.0 Å². The summed E-state index contributed by atoms with van der Waals surface area (Å²) in [4.78, 5) is 12.6. The van der Waals surface area contributed by atoms with Gasteiger partial charge in [0.2, 0.25) is 5.16 Å². The summed E-state index contributed by atoms with van der Waals surface area (Å²) in [7, 11) is 0. The van der Waals surface area contributed by atoms with E-state index < -0.39 is 0 Å². The van der Waals surface area contributed by atoms with Gasteiger partial charge in [0.25, 0.3) is 0 Å². The van der Waals surface area contributed by atoms with Crippen LogP contribution in [0.3, 0.4) is 0 Å². The first-order valence-corrected chi connectivity index (χ1v) is 8.62. The standard InChI is InChI=1S/C17H15ClN4OS/c1-11-6-8-15(9-7-11)22-17(19-20-21-22)24-12(2)16(23)13-4-3-5-14(18)10-13/h3-10,12H,1-2H3. The molecule has 3 aromatic rings. The molecule has 3 rings (SSSR count). The SMILES string of the molecule is Cc1ccc(-n2nnnc2SC(C)C(=O)c2cccc(Cl)c2)cc1. The van der Waals surface area contributed by atoms with Crippen LogP contribution in [-0.2, 0) is 0 Å². The van der Waals surface area contributed by atoms with Crippen LogP contribution in [0.5, 0.6) is 0 Å². The van der Waals surface area contributed by atoms with Gasteiger partial charge in [0, 0.05) is 10.6 Å². The number of aromatic nitrogens is 4. The Balaban J connectivity index is 1.80. The number of hydrogen-bond donors (Lipinski definition) is 0. The Morgan fingerprint density at radius 3 is 2.67 bits per heavy atom. The van der Waals surface area contributed by atoms with Gasteiger partial charge in [0.15, 0.2) is 5.78 Å². The second-order valence-electron chi connectivity index (χ2n) is 5.34. The summed E-state index contributed by atoms with van der Waals surface area (Å²) in [5, 5.41) is 12.6. The predicted octanol–water partition coefficient (Wildman–Crippen LogP) is 3.99. The van der Waals surface area contributed by atoms with Gasteiger partial charge in [0.1, 0.15) is 0 Å². The van der Waals surface area contributed by atoms with Crippen molar-refractivity contribution in [2.45, 2.75) is 24.3 Å². The monoisotopic (exact) mass is 358 g/mol. The third-order valence-corrected chi connectivity index (χ3v) is 4.75. The second kappa shape index (κ2) is 7.15. The third-order valence-electron chi connectivity index (χ3n) is 3.48. The number of carbonyl (C=O) groups excluding carboxylic acids is 1. The molecule has 1 heterocycles. The molecule has 0 saturated heterocycles. The Morgan fingerprint density at radius 2 is 1.96 bits per heavy atom. The molecule has 7 heteroatoms. The highest BCUT2D eigenvalue weighted by Crippen LogP contribution is 2.26. The first kappa shape index (κ1) is 16.7. The molecule has 1 atom stereocenters. The third kappa shape index (κ3) is 3.66. The number of ketones is 1. The largest absolute Gasteiger partial charge is 0.293 e. The minimum atomic E-state index is -0.335. The molecular formula is C17H15ClN4OS. The maximum absolute atomic E-state index is 12.6. The molecule has 0 N–H and O–H groups in total. The van der Waals surface area contributed by atoms with Crippen molar-refractivity contribution in [3.63, 3.8) is 0 Å². The Kier molecular flexibility index (Phi) is 4.97. The molecule has 0 aliphatic rings. The van der Waals surface area contributed by atoms with Gasteiger partial charge < -0.3 is 0 Å². The van der Waals surface area contributed by atoms with Crippen molar-refractivity contribution in [1.82, 2.24) is 20.2 Å². The Labute approximate surface area is 149 Å². The number of thioether (sulfide) groups is 1. The lowest BCUT2D eigenvalue weighted by Crippen LogP contribution is -2.14. The number of nitrogens with zero attached hydrogens (tertiary/aromatic N) is 4. The van der Waals surface area contributed by atoms with Crippen LogP contribution in [0.2, 0.25) is 5.02 Å². The van der Waals surface area contributed by atoms with E-state index in [1.165, 1.54) is 11.8 Å². The minimum Gasteiger partial charge on any atom is -0.293 e. The Hall–Kier alpha value is -2.18. The molecule has 5 nitrogen and oxygen atoms in total. The zero-order chi connectivity index (χ0) is 17.1. The van der Waals surface area contributed by atoms with Crippen LogP contribution in [0.1, 0.15) is 22.8 Å². The number of halogens is 1. The average Bonchev–Trinajstić information content (AvgIpc) is 3.03. The van der Waals surface area contributed by atoms with Gasteiger partial charge in [-0.15, -0.1) is 5.10 Å². The Bertz CT molecular complexity index is 863. The highest BCUT2D eigenvalue weighted by molar-refractivity contribution is 8.00. The van der Waals surface area contributed by atoms with Crippen LogP contribution in [-0.4, -0.2) is 31.2 Å². The molecule has 0 aliphatic heterocycles. The van der Waals surface area contributed by atoms with Gasteiger partial charge in [-0.05, 0) is 48.5 Å². The van der Waals surface area contributed by atoms with E-state index in [2.05, 4.69) is 15.5 Å². The van der Waals surface area contributed by atoms with Gasteiger partial charge in [-0.3, -0.25) is 4.79 Å². The van der Waals surface area contributed by atoms with E-state index in [1.54, 1.807) is 28.9 Å². The predicted molar refractivity (Wildman–Crippen MR) is 95.0 cm³/mol. The quantitative estimate of drug-likeness (QED) is 0.510. The number of hydrogen-bond acceptors (Lipinski definition) is 5. The number of tetrazole rings is 1. The van der Waals surface area contributed by atoms with Crippen LogP contribution < -0.4 is 0 Å². The van der Waals surface area contributed by atoms with Crippen LogP contribution in [0.25, 0.3) is 5.69 Å². The highest BCUT2D eigenvalue weighted by atomic mass is 35.5. The molecule has 122 valence electrons. The lowest BCUT2D eigenvalue weighted by molar-refractivity contribution is 0.0994. The van der Waals surface area contributed by atoms with Gasteiger partial charge in [-0.25, -0.2) is 0 Å². The van der Waals surface area contributed by atoms with Crippen molar-refractivity contribution in [3.05, 3.63) is 64.7 Å². The topological polar surface area (TPSA) is 60.7 Å². The number of benzene rings is 2. The molecule has 0 bridgehead atoms. The van der Waals surface area contributed by atoms with Crippen molar-refractivity contribution in [2.75, 3.05) is 0 Å². The van der Waals surface area contributed by atoms with Crippen LogP contribution in [0.4, 0.5) is 0 Å². The lowest BCUT2D eigenvalue weighted by atomic mass is 10.1.